The summed E-state index contributed by atoms with van der Waals surface area (Å²) in [5.74, 6) is -3.09. The molecule has 2 amide bonds. The second-order valence-corrected chi connectivity index (χ2v) is 6.88. The van der Waals surface area contributed by atoms with E-state index in [1.807, 2.05) is 0 Å². The molecule has 0 atom stereocenters. The van der Waals surface area contributed by atoms with Gasteiger partial charge in [-0.15, -0.1) is 11.8 Å². The van der Waals surface area contributed by atoms with E-state index >= 15 is 0 Å². The first-order valence-electron chi connectivity index (χ1n) is 8.43. The molecule has 29 heavy (non-hydrogen) atoms. The highest BCUT2D eigenvalue weighted by atomic mass is 32.2. The molecule has 2 aromatic carbocycles. The molecule has 156 valence electrons. The van der Waals surface area contributed by atoms with E-state index in [9.17, 15) is 31.5 Å². The maximum absolute atomic E-state index is 13.6. The third-order valence-corrected chi connectivity index (χ3v) is 4.85. The molecule has 0 saturated heterocycles. The van der Waals surface area contributed by atoms with Gasteiger partial charge >= 0.3 is 6.18 Å². The van der Waals surface area contributed by atoms with Gasteiger partial charge in [0.05, 0.1) is 23.5 Å². The number of nitrogens with zero attached hydrogens (tertiary/aromatic N) is 1. The highest BCUT2D eigenvalue weighted by Gasteiger charge is 2.33. The Morgan fingerprint density at radius 1 is 1.10 bits per heavy atom. The number of hydrogen-bond donors (Lipinski definition) is 1. The number of thioether (sulfide) groups is 1. The molecule has 0 bridgehead atoms. The second kappa shape index (κ2) is 9.73. The van der Waals surface area contributed by atoms with Crippen LogP contribution in [0, 0.1) is 11.6 Å². The van der Waals surface area contributed by atoms with E-state index in [4.69, 9.17) is 0 Å². The number of halogens is 5. The molecule has 2 aromatic rings. The van der Waals surface area contributed by atoms with Gasteiger partial charge in [0.1, 0.15) is 11.6 Å². The molecule has 4 nitrogen and oxygen atoms in total. The lowest BCUT2D eigenvalue weighted by Gasteiger charge is -2.21. The number of benzene rings is 2. The van der Waals surface area contributed by atoms with E-state index in [1.54, 1.807) is 6.92 Å². The van der Waals surface area contributed by atoms with E-state index in [0.717, 1.165) is 34.9 Å². The molecule has 0 unspecified atom stereocenters. The van der Waals surface area contributed by atoms with Gasteiger partial charge in [-0.25, -0.2) is 8.78 Å². The molecule has 0 radical (unpaired) electrons. The number of carbonyl (C=O) groups is 2. The quantitative estimate of drug-likeness (QED) is 0.516. The van der Waals surface area contributed by atoms with E-state index in [1.165, 1.54) is 18.2 Å². The predicted molar refractivity (Wildman–Crippen MR) is 99.4 cm³/mol. The van der Waals surface area contributed by atoms with Crippen LogP contribution in [-0.2, 0) is 15.8 Å². The van der Waals surface area contributed by atoms with Gasteiger partial charge in [0, 0.05) is 17.5 Å². The molecule has 2 rings (SSSR count). The summed E-state index contributed by atoms with van der Waals surface area (Å²) >= 11 is 0.831. The number of carbonyl (C=O) groups excluding carboxylic acids is 2. The van der Waals surface area contributed by atoms with Gasteiger partial charge < -0.3 is 10.2 Å². The fourth-order valence-electron chi connectivity index (χ4n) is 2.40. The van der Waals surface area contributed by atoms with Crippen LogP contribution >= 0.6 is 11.8 Å². The molecular formula is C19H17F5N2O2S. The molecule has 1 N–H and O–H groups in total. The third-order valence-electron chi connectivity index (χ3n) is 3.82. The summed E-state index contributed by atoms with van der Waals surface area (Å²) in [7, 11) is 0. The minimum absolute atomic E-state index is 0.0689. The molecule has 0 aliphatic carbocycles. The van der Waals surface area contributed by atoms with Crippen molar-refractivity contribution in [3.63, 3.8) is 0 Å². The van der Waals surface area contributed by atoms with Crippen LogP contribution in [0.2, 0.25) is 0 Å². The first-order chi connectivity index (χ1) is 13.6. The normalized spacial score (nSPS) is 11.2. The van der Waals surface area contributed by atoms with Gasteiger partial charge in [-0.2, -0.15) is 13.2 Å². The Morgan fingerprint density at radius 2 is 1.79 bits per heavy atom. The van der Waals surface area contributed by atoms with E-state index in [-0.39, 0.29) is 17.2 Å². The van der Waals surface area contributed by atoms with Crippen LogP contribution in [0.4, 0.5) is 27.6 Å². The summed E-state index contributed by atoms with van der Waals surface area (Å²) in [5.41, 5.74) is -1.40. The average molecular weight is 432 g/mol. The van der Waals surface area contributed by atoms with Crippen molar-refractivity contribution >= 4 is 29.3 Å². The Kier molecular flexibility index (Phi) is 7.60. The number of anilines is 1. The number of amides is 2. The Morgan fingerprint density at radius 3 is 2.41 bits per heavy atom. The van der Waals surface area contributed by atoms with Gasteiger partial charge in [-0.1, -0.05) is 12.1 Å². The number of hydrogen-bond acceptors (Lipinski definition) is 3. The smallest absolute Gasteiger partial charge is 0.333 e. The summed E-state index contributed by atoms with van der Waals surface area (Å²) in [6.45, 7) is 1.26. The first-order valence-corrected chi connectivity index (χ1v) is 9.42. The average Bonchev–Trinajstić information content (AvgIpc) is 2.64. The largest absolute Gasteiger partial charge is 0.418 e. The maximum atomic E-state index is 13.6. The van der Waals surface area contributed by atoms with Crippen molar-refractivity contribution in [1.82, 2.24) is 4.90 Å². The van der Waals surface area contributed by atoms with Crippen LogP contribution in [-0.4, -0.2) is 35.6 Å². The van der Waals surface area contributed by atoms with Crippen LogP contribution in [0.3, 0.4) is 0 Å². The molecular weight excluding hydrogens is 415 g/mol. The van der Waals surface area contributed by atoms with Crippen molar-refractivity contribution in [3.05, 3.63) is 59.7 Å². The monoisotopic (exact) mass is 432 g/mol. The van der Waals surface area contributed by atoms with E-state index < -0.39 is 47.4 Å². The number of rotatable bonds is 7. The molecule has 0 saturated carbocycles. The Balaban J connectivity index is 1.98. The van der Waals surface area contributed by atoms with Crippen molar-refractivity contribution in [2.45, 2.75) is 18.0 Å². The van der Waals surface area contributed by atoms with Crippen molar-refractivity contribution < 1.29 is 31.5 Å². The van der Waals surface area contributed by atoms with Crippen LogP contribution in [0.1, 0.15) is 12.5 Å². The number of likely N-dealkylation sites (N-methyl/N-ethyl adjacent to an activating group) is 1. The summed E-state index contributed by atoms with van der Waals surface area (Å²) in [4.78, 5) is 25.6. The zero-order valence-electron chi connectivity index (χ0n) is 15.2. The lowest BCUT2D eigenvalue weighted by Crippen LogP contribution is -2.39. The summed E-state index contributed by atoms with van der Waals surface area (Å²) < 4.78 is 65.5. The Bertz CT molecular complexity index is 889. The summed E-state index contributed by atoms with van der Waals surface area (Å²) in [5, 5.41) is 2.16. The van der Waals surface area contributed by atoms with Gasteiger partial charge in [-0.05, 0) is 31.2 Å². The van der Waals surface area contributed by atoms with Crippen molar-refractivity contribution in [2.75, 3.05) is 24.2 Å². The highest BCUT2D eigenvalue weighted by Crippen LogP contribution is 2.34. The number of para-hydroxylation sites is 1. The zero-order valence-corrected chi connectivity index (χ0v) is 16.0. The fraction of sp³-hybridized carbons (Fsp3) is 0.263. The van der Waals surface area contributed by atoms with Crippen molar-refractivity contribution in [1.29, 1.82) is 0 Å². The minimum Gasteiger partial charge on any atom is -0.333 e. The standard InChI is InChI=1S/C19H17F5N2O2S/c1-2-26(18(28)11-29-16-8-7-12(20)9-14(16)21)10-17(27)25-15-6-4-3-5-13(15)19(22,23)24/h3-9H,2,10-11H2,1H3,(H,25,27). The molecule has 10 heteroatoms. The molecule has 0 aromatic heterocycles. The zero-order chi connectivity index (χ0) is 21.6. The molecule has 0 aliphatic rings. The maximum Gasteiger partial charge on any atom is 0.418 e. The van der Waals surface area contributed by atoms with Crippen LogP contribution in [0.5, 0.6) is 0 Å². The highest BCUT2D eigenvalue weighted by molar-refractivity contribution is 8.00. The van der Waals surface area contributed by atoms with Crippen molar-refractivity contribution in [3.8, 4) is 0 Å². The van der Waals surface area contributed by atoms with E-state index in [0.29, 0.717) is 6.07 Å². The third kappa shape index (κ3) is 6.45. The SMILES string of the molecule is CCN(CC(=O)Nc1ccccc1C(F)(F)F)C(=O)CSc1ccc(F)cc1F. The first kappa shape index (κ1) is 22.7. The summed E-state index contributed by atoms with van der Waals surface area (Å²) in [6, 6.07) is 7.44. The Hall–Kier alpha value is -2.62. The Labute approximate surface area is 168 Å². The second-order valence-electron chi connectivity index (χ2n) is 5.86. The topological polar surface area (TPSA) is 49.4 Å². The number of alkyl halides is 3. The van der Waals surface area contributed by atoms with Crippen molar-refractivity contribution in [2.24, 2.45) is 0 Å². The van der Waals surface area contributed by atoms with Crippen LogP contribution < -0.4 is 5.32 Å². The van der Waals surface area contributed by atoms with Gasteiger partial charge in [-0.3, -0.25) is 9.59 Å². The van der Waals surface area contributed by atoms with Crippen LogP contribution in [0.15, 0.2) is 47.4 Å². The van der Waals surface area contributed by atoms with Gasteiger partial charge in [0.15, 0.2) is 0 Å². The fourth-order valence-corrected chi connectivity index (χ4v) is 3.22. The lowest BCUT2D eigenvalue weighted by atomic mass is 10.1. The van der Waals surface area contributed by atoms with Gasteiger partial charge in [0.2, 0.25) is 11.8 Å². The minimum atomic E-state index is -4.64. The van der Waals surface area contributed by atoms with Crippen LogP contribution in [0.25, 0.3) is 0 Å². The predicted octanol–water partition coefficient (Wildman–Crippen LogP) is 4.56. The van der Waals surface area contributed by atoms with E-state index in [2.05, 4.69) is 5.32 Å². The number of nitrogens with one attached hydrogen (secondary N) is 1. The molecule has 0 fully saturated rings. The summed E-state index contributed by atoms with van der Waals surface area (Å²) in [6.07, 6.45) is -4.64. The molecule has 0 spiro atoms. The van der Waals surface area contributed by atoms with Gasteiger partial charge in [0.25, 0.3) is 0 Å². The molecule has 0 aliphatic heterocycles. The lowest BCUT2D eigenvalue weighted by molar-refractivity contribution is -0.137. The molecule has 0 heterocycles.